The molecule has 4 heteroatoms. The Labute approximate surface area is 120 Å². The molecule has 0 radical (unpaired) electrons. The van der Waals surface area contributed by atoms with E-state index < -0.39 is 0 Å². The molecule has 2 N–H and O–H groups in total. The quantitative estimate of drug-likeness (QED) is 0.812. The van der Waals surface area contributed by atoms with Crippen LogP contribution < -0.4 is 5.32 Å². The maximum absolute atomic E-state index is 12.2. The van der Waals surface area contributed by atoms with Crippen LogP contribution in [0.5, 0.6) is 0 Å². The van der Waals surface area contributed by atoms with Gasteiger partial charge < -0.3 is 5.32 Å². The minimum absolute atomic E-state index is 0.155. The predicted octanol–water partition coefficient (Wildman–Crippen LogP) is 3.40. The number of hydrogen-bond acceptors (Lipinski definition) is 2. The van der Waals surface area contributed by atoms with Crippen LogP contribution in [0.1, 0.15) is 45.1 Å². The van der Waals surface area contributed by atoms with Crippen molar-refractivity contribution in [3.8, 4) is 0 Å². The highest BCUT2D eigenvalue weighted by Gasteiger charge is 2.15. The SMILES string of the molecule is CCCC(CCC)C(=O)NCc1ccc2[nH]ncc2c1. The summed E-state index contributed by atoms with van der Waals surface area (Å²) in [5, 5.41) is 11.1. The summed E-state index contributed by atoms with van der Waals surface area (Å²) in [4.78, 5) is 12.2. The minimum atomic E-state index is 0.155. The number of benzene rings is 1. The van der Waals surface area contributed by atoms with E-state index in [1.54, 1.807) is 6.20 Å². The second-order valence-corrected chi connectivity index (χ2v) is 5.28. The standard InChI is InChI=1S/C16H23N3O/c1-3-5-13(6-4-2)16(20)17-10-12-7-8-15-14(9-12)11-18-19-15/h7-9,11,13H,3-6,10H2,1-2H3,(H,17,20)(H,18,19). The number of H-pyrrole nitrogens is 1. The molecule has 2 aromatic rings. The zero-order valence-corrected chi connectivity index (χ0v) is 12.3. The Morgan fingerprint density at radius 2 is 2.05 bits per heavy atom. The molecule has 1 aromatic heterocycles. The van der Waals surface area contributed by atoms with E-state index in [0.717, 1.165) is 42.1 Å². The van der Waals surface area contributed by atoms with Crippen LogP contribution in [0.15, 0.2) is 24.4 Å². The fraction of sp³-hybridized carbons (Fsp3) is 0.500. The molecule has 0 unspecified atom stereocenters. The molecule has 0 aliphatic heterocycles. The molecule has 1 amide bonds. The maximum Gasteiger partial charge on any atom is 0.223 e. The maximum atomic E-state index is 12.2. The lowest BCUT2D eigenvalue weighted by atomic mass is 9.97. The number of hydrogen-bond donors (Lipinski definition) is 2. The number of nitrogens with one attached hydrogen (secondary N) is 2. The van der Waals surface area contributed by atoms with Gasteiger partial charge in [-0.2, -0.15) is 5.10 Å². The molecule has 0 spiro atoms. The second-order valence-electron chi connectivity index (χ2n) is 5.28. The first-order chi connectivity index (χ1) is 9.74. The molecule has 4 nitrogen and oxygen atoms in total. The predicted molar refractivity (Wildman–Crippen MR) is 81.2 cm³/mol. The van der Waals surface area contributed by atoms with Gasteiger partial charge in [0, 0.05) is 17.8 Å². The molecule has 0 bridgehead atoms. The summed E-state index contributed by atoms with van der Waals surface area (Å²) in [5.74, 6) is 0.337. The number of fused-ring (bicyclic) bond motifs is 1. The Morgan fingerprint density at radius 3 is 2.75 bits per heavy atom. The molecular formula is C16H23N3O. The average molecular weight is 273 g/mol. The van der Waals surface area contributed by atoms with E-state index in [4.69, 9.17) is 0 Å². The highest BCUT2D eigenvalue weighted by molar-refractivity contribution is 5.80. The third-order valence-electron chi connectivity index (χ3n) is 3.62. The number of carbonyl (C=O) groups is 1. The fourth-order valence-corrected chi connectivity index (χ4v) is 2.54. The first kappa shape index (κ1) is 14.6. The van der Waals surface area contributed by atoms with E-state index >= 15 is 0 Å². The molecular weight excluding hydrogens is 250 g/mol. The molecule has 0 aliphatic rings. The Hall–Kier alpha value is -1.84. The van der Waals surface area contributed by atoms with Gasteiger partial charge in [-0.25, -0.2) is 0 Å². The van der Waals surface area contributed by atoms with Crippen molar-refractivity contribution < 1.29 is 4.79 Å². The summed E-state index contributed by atoms with van der Waals surface area (Å²) in [5.41, 5.74) is 2.13. The van der Waals surface area contributed by atoms with Crippen molar-refractivity contribution in [2.75, 3.05) is 0 Å². The number of amides is 1. The van der Waals surface area contributed by atoms with Crippen LogP contribution in [0.2, 0.25) is 0 Å². The van der Waals surface area contributed by atoms with Crippen molar-refractivity contribution in [1.29, 1.82) is 0 Å². The second kappa shape index (κ2) is 7.08. The van der Waals surface area contributed by atoms with Gasteiger partial charge in [-0.05, 0) is 30.5 Å². The Balaban J connectivity index is 1.94. The van der Waals surface area contributed by atoms with Gasteiger partial charge in [0.15, 0.2) is 0 Å². The first-order valence-electron chi connectivity index (χ1n) is 7.44. The average Bonchev–Trinajstić information content (AvgIpc) is 2.92. The van der Waals surface area contributed by atoms with Crippen LogP contribution in [0.25, 0.3) is 10.9 Å². The van der Waals surface area contributed by atoms with Gasteiger partial charge in [-0.3, -0.25) is 9.89 Å². The molecule has 0 saturated heterocycles. The number of aromatic nitrogens is 2. The summed E-state index contributed by atoms with van der Waals surface area (Å²) in [6.45, 7) is 4.84. The highest BCUT2D eigenvalue weighted by Crippen LogP contribution is 2.15. The van der Waals surface area contributed by atoms with E-state index in [0.29, 0.717) is 6.54 Å². The van der Waals surface area contributed by atoms with Gasteiger partial charge in [0.05, 0.1) is 11.7 Å². The Kier molecular flexibility index (Phi) is 5.16. The molecule has 108 valence electrons. The lowest BCUT2D eigenvalue weighted by Gasteiger charge is -2.15. The fourth-order valence-electron chi connectivity index (χ4n) is 2.54. The monoisotopic (exact) mass is 273 g/mol. The van der Waals surface area contributed by atoms with Crippen LogP contribution in [-0.4, -0.2) is 16.1 Å². The molecule has 0 fully saturated rings. The normalized spacial score (nSPS) is 11.2. The van der Waals surface area contributed by atoms with Gasteiger partial charge in [0.1, 0.15) is 0 Å². The van der Waals surface area contributed by atoms with E-state index in [2.05, 4.69) is 35.4 Å². The molecule has 1 heterocycles. The van der Waals surface area contributed by atoms with Gasteiger partial charge in [0.25, 0.3) is 0 Å². The molecule has 2 rings (SSSR count). The third kappa shape index (κ3) is 3.59. The largest absolute Gasteiger partial charge is 0.352 e. The lowest BCUT2D eigenvalue weighted by Crippen LogP contribution is -2.30. The molecule has 0 aliphatic carbocycles. The summed E-state index contributed by atoms with van der Waals surface area (Å²) >= 11 is 0. The van der Waals surface area contributed by atoms with E-state index in [1.807, 2.05) is 12.1 Å². The number of rotatable bonds is 7. The van der Waals surface area contributed by atoms with Crippen LogP contribution in [0.4, 0.5) is 0 Å². The minimum Gasteiger partial charge on any atom is -0.352 e. The van der Waals surface area contributed by atoms with Crippen molar-refractivity contribution in [3.63, 3.8) is 0 Å². The smallest absolute Gasteiger partial charge is 0.223 e. The van der Waals surface area contributed by atoms with Crippen molar-refractivity contribution in [3.05, 3.63) is 30.0 Å². The highest BCUT2D eigenvalue weighted by atomic mass is 16.1. The first-order valence-corrected chi connectivity index (χ1v) is 7.44. The van der Waals surface area contributed by atoms with E-state index in [-0.39, 0.29) is 11.8 Å². The van der Waals surface area contributed by atoms with E-state index in [9.17, 15) is 4.79 Å². The van der Waals surface area contributed by atoms with Crippen molar-refractivity contribution in [2.24, 2.45) is 5.92 Å². The number of carbonyl (C=O) groups excluding carboxylic acids is 1. The molecule has 1 aromatic carbocycles. The summed E-state index contributed by atoms with van der Waals surface area (Å²) in [6.07, 6.45) is 5.86. The van der Waals surface area contributed by atoms with Crippen molar-refractivity contribution >= 4 is 16.8 Å². The van der Waals surface area contributed by atoms with Crippen LogP contribution >= 0.6 is 0 Å². The van der Waals surface area contributed by atoms with E-state index in [1.165, 1.54) is 0 Å². The van der Waals surface area contributed by atoms with Gasteiger partial charge in [-0.15, -0.1) is 0 Å². The summed E-state index contributed by atoms with van der Waals surface area (Å²) in [6, 6.07) is 6.09. The van der Waals surface area contributed by atoms with Crippen LogP contribution in [-0.2, 0) is 11.3 Å². The molecule has 0 saturated carbocycles. The van der Waals surface area contributed by atoms with Crippen molar-refractivity contribution in [1.82, 2.24) is 15.5 Å². The molecule has 20 heavy (non-hydrogen) atoms. The zero-order valence-electron chi connectivity index (χ0n) is 12.3. The number of nitrogens with zero attached hydrogens (tertiary/aromatic N) is 1. The van der Waals surface area contributed by atoms with Gasteiger partial charge in [-0.1, -0.05) is 32.8 Å². The summed E-state index contributed by atoms with van der Waals surface area (Å²) in [7, 11) is 0. The van der Waals surface area contributed by atoms with Crippen LogP contribution in [0.3, 0.4) is 0 Å². The zero-order chi connectivity index (χ0) is 14.4. The third-order valence-corrected chi connectivity index (χ3v) is 3.62. The molecule has 0 atom stereocenters. The Bertz CT molecular complexity index is 556. The van der Waals surface area contributed by atoms with Crippen molar-refractivity contribution in [2.45, 2.75) is 46.1 Å². The summed E-state index contributed by atoms with van der Waals surface area (Å²) < 4.78 is 0. The number of aromatic amines is 1. The van der Waals surface area contributed by atoms with Gasteiger partial charge >= 0.3 is 0 Å². The van der Waals surface area contributed by atoms with Gasteiger partial charge in [0.2, 0.25) is 5.91 Å². The Morgan fingerprint density at radius 1 is 1.30 bits per heavy atom. The van der Waals surface area contributed by atoms with Crippen LogP contribution in [0, 0.1) is 5.92 Å². The topological polar surface area (TPSA) is 57.8 Å². The lowest BCUT2D eigenvalue weighted by molar-refractivity contribution is -0.125.